The molecule has 0 bridgehead atoms. The van der Waals surface area contributed by atoms with Crippen LogP contribution in [-0.4, -0.2) is 63.9 Å². The van der Waals surface area contributed by atoms with E-state index in [1.165, 1.54) is 96.3 Å². The third-order valence-electron chi connectivity index (χ3n) is 7.54. The van der Waals surface area contributed by atoms with Gasteiger partial charge >= 0.3 is 17.9 Å². The van der Waals surface area contributed by atoms with E-state index in [0.29, 0.717) is 6.54 Å². The van der Waals surface area contributed by atoms with Crippen molar-refractivity contribution in [2.24, 2.45) is 0 Å². The van der Waals surface area contributed by atoms with Crippen molar-refractivity contribution in [1.82, 2.24) is 0 Å². The molecule has 0 unspecified atom stereocenters. The third-order valence-corrected chi connectivity index (χ3v) is 7.54. The first-order valence-corrected chi connectivity index (χ1v) is 15.5. The summed E-state index contributed by atoms with van der Waals surface area (Å²) in [5.74, 6) is -2.79. The highest BCUT2D eigenvalue weighted by Crippen LogP contribution is 2.17. The van der Waals surface area contributed by atoms with Crippen LogP contribution >= 0.6 is 0 Å². The SMILES string of the molecule is CCCCCC/C=C/CCCCCCCCCCCCCC[N+](CCC(=O)O)(CCC(=O)O)CCC(=O)O. The van der Waals surface area contributed by atoms with Crippen LogP contribution < -0.4 is 0 Å². The molecule has 0 amide bonds. The maximum absolute atomic E-state index is 11.1. The number of hydrogen-bond donors (Lipinski definition) is 3. The van der Waals surface area contributed by atoms with E-state index in [9.17, 15) is 14.4 Å². The summed E-state index contributed by atoms with van der Waals surface area (Å²) in [5.41, 5.74) is 0. The highest BCUT2D eigenvalue weighted by molar-refractivity contribution is 5.67. The number of carbonyl (C=O) groups is 3. The van der Waals surface area contributed by atoms with Crippen molar-refractivity contribution in [3.63, 3.8) is 0 Å². The second kappa shape index (κ2) is 25.4. The number of hydrogen-bond acceptors (Lipinski definition) is 3. The first kappa shape index (κ1) is 36.1. The molecule has 0 rings (SSSR count). The lowest BCUT2D eigenvalue weighted by molar-refractivity contribution is -0.927. The summed E-state index contributed by atoms with van der Waals surface area (Å²) in [6.45, 7) is 3.74. The first-order chi connectivity index (χ1) is 18.3. The molecule has 0 heterocycles. The number of aliphatic carboxylic acids is 3. The smallest absolute Gasteiger partial charge is 0.309 e. The Bertz CT molecular complexity index is 588. The van der Waals surface area contributed by atoms with Crippen molar-refractivity contribution < 1.29 is 34.2 Å². The van der Waals surface area contributed by atoms with Gasteiger partial charge in [-0.2, -0.15) is 0 Å². The Kier molecular flexibility index (Phi) is 24.1. The second-order valence-electron chi connectivity index (χ2n) is 11.0. The monoisotopic (exact) mass is 540 g/mol. The molecule has 0 spiro atoms. The molecule has 3 N–H and O–H groups in total. The van der Waals surface area contributed by atoms with E-state index in [2.05, 4.69) is 19.1 Å². The summed E-state index contributed by atoms with van der Waals surface area (Å²) in [4.78, 5) is 33.4. The molecule has 0 aliphatic heterocycles. The van der Waals surface area contributed by atoms with Crippen LogP contribution in [0.1, 0.15) is 142 Å². The molecular weight excluding hydrogens is 482 g/mol. The van der Waals surface area contributed by atoms with Gasteiger partial charge in [0.25, 0.3) is 0 Å². The second-order valence-corrected chi connectivity index (χ2v) is 11.0. The number of carboxylic acids is 3. The number of unbranched alkanes of at least 4 members (excludes halogenated alkanes) is 16. The minimum absolute atomic E-state index is 0.0739. The molecule has 0 aromatic rings. The molecule has 0 fully saturated rings. The lowest BCUT2D eigenvalue weighted by Gasteiger charge is -2.38. The molecule has 0 radical (unpaired) electrons. The zero-order valence-electron chi connectivity index (χ0n) is 24.3. The van der Waals surface area contributed by atoms with Crippen LogP contribution in [0.4, 0.5) is 0 Å². The molecule has 0 saturated heterocycles. The molecule has 0 saturated carbocycles. The molecule has 0 aliphatic rings. The van der Waals surface area contributed by atoms with Crippen molar-refractivity contribution in [2.75, 3.05) is 26.2 Å². The minimum atomic E-state index is -0.932. The van der Waals surface area contributed by atoms with Crippen LogP contribution in [0, 0.1) is 0 Å². The highest BCUT2D eigenvalue weighted by Gasteiger charge is 2.29. The van der Waals surface area contributed by atoms with Gasteiger partial charge in [0.05, 0.1) is 45.4 Å². The van der Waals surface area contributed by atoms with Crippen LogP contribution in [0.3, 0.4) is 0 Å². The van der Waals surface area contributed by atoms with E-state index >= 15 is 0 Å². The Labute approximate surface area is 232 Å². The van der Waals surface area contributed by atoms with Gasteiger partial charge in [-0.3, -0.25) is 14.4 Å². The maximum atomic E-state index is 11.1. The average Bonchev–Trinajstić information content (AvgIpc) is 2.88. The van der Waals surface area contributed by atoms with Crippen LogP contribution in [0.25, 0.3) is 0 Å². The van der Waals surface area contributed by atoms with Crippen molar-refractivity contribution in [3.05, 3.63) is 12.2 Å². The topological polar surface area (TPSA) is 112 Å². The van der Waals surface area contributed by atoms with Gasteiger partial charge in [-0.15, -0.1) is 0 Å². The number of quaternary nitrogens is 1. The quantitative estimate of drug-likeness (QED) is 0.0506. The van der Waals surface area contributed by atoms with Crippen LogP contribution in [0.5, 0.6) is 0 Å². The van der Waals surface area contributed by atoms with Crippen molar-refractivity contribution >= 4 is 17.9 Å². The molecule has 7 nitrogen and oxygen atoms in total. The molecule has 0 aromatic carbocycles. The number of nitrogens with zero attached hydrogens (tertiary/aromatic N) is 1. The van der Waals surface area contributed by atoms with Gasteiger partial charge in [-0.1, -0.05) is 96.1 Å². The molecule has 0 aromatic heterocycles. The highest BCUT2D eigenvalue weighted by atomic mass is 16.4. The van der Waals surface area contributed by atoms with E-state index in [-0.39, 0.29) is 43.4 Å². The largest absolute Gasteiger partial charge is 0.481 e. The van der Waals surface area contributed by atoms with E-state index in [1.807, 2.05) is 0 Å². The third kappa shape index (κ3) is 24.4. The summed E-state index contributed by atoms with van der Waals surface area (Å²) < 4.78 is 0.264. The zero-order chi connectivity index (χ0) is 28.3. The van der Waals surface area contributed by atoms with E-state index in [0.717, 1.165) is 19.3 Å². The lowest BCUT2D eigenvalue weighted by atomic mass is 10.0. The van der Waals surface area contributed by atoms with Crippen LogP contribution in [0.2, 0.25) is 0 Å². The molecule has 222 valence electrons. The first-order valence-electron chi connectivity index (χ1n) is 15.5. The summed E-state index contributed by atoms with van der Waals surface area (Å²) in [5, 5.41) is 27.4. The normalized spacial score (nSPS) is 11.8. The standard InChI is InChI=1S/C31H57NO6/c1-2-3-4-5-6-7-8-9-10-11-12-13-14-15-16-17-18-19-20-21-25-32(26-22-29(33)34,27-23-30(35)36)28-24-31(37)38/h7-8H,2-6,9-28H2,1H3,(H2-,33,34,35,36,37,38)/p+1/b8-7+. The summed E-state index contributed by atoms with van der Waals surface area (Å²) in [7, 11) is 0. The fourth-order valence-electron chi connectivity index (χ4n) is 5.07. The van der Waals surface area contributed by atoms with Gasteiger partial charge in [-0.05, 0) is 38.5 Å². The van der Waals surface area contributed by atoms with Gasteiger partial charge in [0.1, 0.15) is 0 Å². The maximum Gasteiger partial charge on any atom is 0.309 e. The van der Waals surface area contributed by atoms with Gasteiger partial charge < -0.3 is 19.8 Å². The van der Waals surface area contributed by atoms with Gasteiger partial charge in [0.2, 0.25) is 0 Å². The van der Waals surface area contributed by atoms with Gasteiger partial charge in [0, 0.05) is 0 Å². The van der Waals surface area contributed by atoms with Crippen molar-refractivity contribution in [2.45, 2.75) is 142 Å². The Morgan fingerprint density at radius 3 is 1.13 bits per heavy atom. The molecular formula is C31H58NO6+. The Morgan fingerprint density at radius 1 is 0.474 bits per heavy atom. The molecule has 0 aliphatic carbocycles. The Morgan fingerprint density at radius 2 is 0.789 bits per heavy atom. The Hall–Kier alpha value is -1.89. The number of carboxylic acid groups (broad SMARTS) is 3. The fraction of sp³-hybridized carbons (Fsp3) is 0.839. The lowest BCUT2D eigenvalue weighted by Crippen LogP contribution is -2.52. The number of rotatable bonds is 29. The van der Waals surface area contributed by atoms with E-state index in [1.54, 1.807) is 0 Å². The molecule has 38 heavy (non-hydrogen) atoms. The summed E-state index contributed by atoms with van der Waals surface area (Å²) >= 11 is 0. The summed E-state index contributed by atoms with van der Waals surface area (Å²) in [6.07, 6.45) is 27.0. The zero-order valence-corrected chi connectivity index (χ0v) is 24.3. The van der Waals surface area contributed by atoms with Crippen LogP contribution in [-0.2, 0) is 14.4 Å². The van der Waals surface area contributed by atoms with E-state index in [4.69, 9.17) is 15.3 Å². The predicted molar refractivity (Wildman–Crippen MR) is 154 cm³/mol. The van der Waals surface area contributed by atoms with Crippen molar-refractivity contribution in [3.8, 4) is 0 Å². The van der Waals surface area contributed by atoms with Gasteiger partial charge in [0.15, 0.2) is 0 Å². The predicted octanol–water partition coefficient (Wildman–Crippen LogP) is 7.83. The van der Waals surface area contributed by atoms with Crippen LogP contribution in [0.15, 0.2) is 12.2 Å². The fourth-order valence-corrected chi connectivity index (χ4v) is 5.07. The molecule has 7 heteroatoms. The minimum Gasteiger partial charge on any atom is -0.481 e. The van der Waals surface area contributed by atoms with Gasteiger partial charge in [-0.25, -0.2) is 0 Å². The number of allylic oxidation sites excluding steroid dienone is 2. The Balaban J connectivity index is 3.90. The average molecular weight is 541 g/mol. The van der Waals surface area contributed by atoms with E-state index < -0.39 is 17.9 Å². The van der Waals surface area contributed by atoms with Crippen molar-refractivity contribution in [1.29, 1.82) is 0 Å². The summed E-state index contributed by atoms with van der Waals surface area (Å²) in [6, 6.07) is 0. The molecule has 0 atom stereocenters.